The van der Waals surface area contributed by atoms with E-state index in [1.165, 1.54) is 0 Å². The third-order valence-corrected chi connectivity index (χ3v) is 3.36. The Morgan fingerprint density at radius 2 is 2.12 bits per heavy atom. The molecule has 0 aliphatic carbocycles. The number of hydrogen-bond acceptors (Lipinski definition) is 3. The summed E-state index contributed by atoms with van der Waals surface area (Å²) in [5.41, 5.74) is 0.296. The Balaban J connectivity index is 2.39. The Labute approximate surface area is 99.9 Å². The van der Waals surface area contributed by atoms with Crippen LogP contribution in [-0.2, 0) is 9.47 Å². The topological polar surface area (TPSA) is 30.5 Å². The maximum atomic E-state index is 5.57. The average molecular weight is 229 g/mol. The molecule has 0 radical (unpaired) electrons. The molecule has 1 heterocycles. The van der Waals surface area contributed by atoms with Gasteiger partial charge >= 0.3 is 0 Å². The van der Waals surface area contributed by atoms with Crippen LogP contribution >= 0.6 is 0 Å². The van der Waals surface area contributed by atoms with Gasteiger partial charge in [-0.3, -0.25) is 0 Å². The van der Waals surface area contributed by atoms with Crippen molar-refractivity contribution in [3.8, 4) is 0 Å². The second kappa shape index (κ2) is 6.58. The fourth-order valence-electron chi connectivity index (χ4n) is 2.34. The van der Waals surface area contributed by atoms with Crippen LogP contribution in [0.1, 0.15) is 33.6 Å². The smallest absolute Gasteiger partial charge is 0.0549 e. The first-order valence-electron chi connectivity index (χ1n) is 6.39. The molecule has 0 aromatic heterocycles. The van der Waals surface area contributed by atoms with E-state index in [9.17, 15) is 0 Å². The maximum absolute atomic E-state index is 5.57. The van der Waals surface area contributed by atoms with Gasteiger partial charge in [0.1, 0.15) is 0 Å². The van der Waals surface area contributed by atoms with Gasteiger partial charge in [-0.1, -0.05) is 13.8 Å². The van der Waals surface area contributed by atoms with Crippen molar-refractivity contribution in [2.75, 3.05) is 33.4 Å². The van der Waals surface area contributed by atoms with Crippen LogP contribution in [0.15, 0.2) is 0 Å². The minimum atomic E-state index is 0.296. The van der Waals surface area contributed by atoms with Gasteiger partial charge in [0, 0.05) is 25.7 Å². The van der Waals surface area contributed by atoms with Crippen LogP contribution in [0.25, 0.3) is 0 Å². The summed E-state index contributed by atoms with van der Waals surface area (Å²) in [6, 6.07) is 0. The van der Waals surface area contributed by atoms with Gasteiger partial charge in [0.25, 0.3) is 0 Å². The molecule has 0 saturated carbocycles. The highest BCUT2D eigenvalue weighted by atomic mass is 16.5. The van der Waals surface area contributed by atoms with Crippen LogP contribution in [0.4, 0.5) is 0 Å². The molecule has 3 nitrogen and oxygen atoms in total. The zero-order valence-corrected chi connectivity index (χ0v) is 11.2. The van der Waals surface area contributed by atoms with Crippen LogP contribution in [0.2, 0.25) is 0 Å². The summed E-state index contributed by atoms with van der Waals surface area (Å²) in [4.78, 5) is 0. The van der Waals surface area contributed by atoms with Crippen LogP contribution in [0, 0.1) is 11.3 Å². The highest BCUT2D eigenvalue weighted by Crippen LogP contribution is 2.33. The summed E-state index contributed by atoms with van der Waals surface area (Å²) < 4.78 is 10.9. The molecule has 16 heavy (non-hydrogen) atoms. The summed E-state index contributed by atoms with van der Waals surface area (Å²) in [5, 5.41) is 3.56. The Morgan fingerprint density at radius 3 is 2.62 bits per heavy atom. The predicted octanol–water partition coefficient (Wildman–Crippen LogP) is 2.06. The molecule has 0 spiro atoms. The van der Waals surface area contributed by atoms with Crippen LogP contribution in [0.3, 0.4) is 0 Å². The second-order valence-corrected chi connectivity index (χ2v) is 5.58. The van der Waals surface area contributed by atoms with E-state index < -0.39 is 0 Å². The minimum Gasteiger partial charge on any atom is -0.382 e. The molecule has 1 aliphatic rings. The first kappa shape index (κ1) is 13.9. The summed E-state index contributed by atoms with van der Waals surface area (Å²) in [7, 11) is 1.79. The number of nitrogens with one attached hydrogen (secondary N) is 1. The second-order valence-electron chi connectivity index (χ2n) is 5.58. The lowest BCUT2D eigenvalue weighted by Crippen LogP contribution is -2.38. The molecular weight excluding hydrogens is 202 g/mol. The van der Waals surface area contributed by atoms with Gasteiger partial charge < -0.3 is 14.8 Å². The van der Waals surface area contributed by atoms with Crippen molar-refractivity contribution in [3.63, 3.8) is 0 Å². The van der Waals surface area contributed by atoms with Gasteiger partial charge in [-0.15, -0.1) is 0 Å². The van der Waals surface area contributed by atoms with Gasteiger partial charge in [0.15, 0.2) is 0 Å². The molecule has 2 atom stereocenters. The fourth-order valence-corrected chi connectivity index (χ4v) is 2.34. The van der Waals surface area contributed by atoms with Gasteiger partial charge in [0.05, 0.1) is 12.7 Å². The number of ether oxygens (including phenoxy) is 2. The molecule has 2 unspecified atom stereocenters. The molecule has 0 aromatic carbocycles. The molecule has 1 aliphatic heterocycles. The Morgan fingerprint density at radius 1 is 1.38 bits per heavy atom. The molecule has 0 amide bonds. The number of rotatable bonds is 7. The van der Waals surface area contributed by atoms with Crippen molar-refractivity contribution in [1.29, 1.82) is 0 Å². The lowest BCUT2D eigenvalue weighted by atomic mass is 9.81. The molecule has 0 aromatic rings. The lowest BCUT2D eigenvalue weighted by molar-refractivity contribution is 0.0542. The molecule has 1 rings (SSSR count). The molecule has 1 saturated heterocycles. The maximum Gasteiger partial charge on any atom is 0.0549 e. The van der Waals surface area contributed by atoms with E-state index in [4.69, 9.17) is 9.47 Å². The van der Waals surface area contributed by atoms with E-state index in [1.807, 2.05) is 0 Å². The van der Waals surface area contributed by atoms with Gasteiger partial charge in [-0.05, 0) is 32.2 Å². The average Bonchev–Trinajstić information content (AvgIpc) is 2.66. The molecule has 0 bridgehead atoms. The summed E-state index contributed by atoms with van der Waals surface area (Å²) in [6.45, 7) is 10.5. The third kappa shape index (κ3) is 4.40. The monoisotopic (exact) mass is 229 g/mol. The molecule has 1 N–H and O–H groups in total. The molecular formula is C13H27NO2. The zero-order valence-electron chi connectivity index (χ0n) is 11.2. The first-order valence-corrected chi connectivity index (χ1v) is 6.39. The predicted molar refractivity (Wildman–Crippen MR) is 66.7 cm³/mol. The van der Waals surface area contributed by atoms with Gasteiger partial charge in [-0.25, -0.2) is 0 Å². The van der Waals surface area contributed by atoms with Crippen molar-refractivity contribution < 1.29 is 9.47 Å². The zero-order chi connectivity index (χ0) is 12.0. The van der Waals surface area contributed by atoms with E-state index in [0.29, 0.717) is 17.4 Å². The van der Waals surface area contributed by atoms with Gasteiger partial charge in [0.2, 0.25) is 0 Å². The minimum absolute atomic E-state index is 0.296. The summed E-state index contributed by atoms with van der Waals surface area (Å²) in [6.07, 6.45) is 2.57. The normalized spacial score (nSPS) is 27.6. The molecule has 96 valence electrons. The van der Waals surface area contributed by atoms with Crippen molar-refractivity contribution in [3.05, 3.63) is 0 Å². The van der Waals surface area contributed by atoms with Crippen LogP contribution in [-0.4, -0.2) is 39.5 Å². The number of methoxy groups -OCH3 is 1. The van der Waals surface area contributed by atoms with Gasteiger partial charge in [-0.2, -0.15) is 0 Å². The van der Waals surface area contributed by atoms with Crippen molar-refractivity contribution >= 4 is 0 Å². The van der Waals surface area contributed by atoms with Crippen LogP contribution in [0.5, 0.6) is 0 Å². The standard InChI is InChI=1S/C13H27NO2/c1-11(2)8-14-9-13(5-6-16-10-13)7-12(3)15-4/h11-12,14H,5-10H2,1-4H3. The van der Waals surface area contributed by atoms with Crippen molar-refractivity contribution in [2.45, 2.75) is 39.7 Å². The highest BCUT2D eigenvalue weighted by molar-refractivity contribution is 4.87. The molecule has 3 heteroatoms. The van der Waals surface area contributed by atoms with E-state index in [2.05, 4.69) is 26.1 Å². The van der Waals surface area contributed by atoms with E-state index in [0.717, 1.165) is 39.1 Å². The highest BCUT2D eigenvalue weighted by Gasteiger charge is 2.35. The number of hydrogen-bond donors (Lipinski definition) is 1. The quantitative estimate of drug-likeness (QED) is 0.725. The van der Waals surface area contributed by atoms with Crippen molar-refractivity contribution in [1.82, 2.24) is 5.32 Å². The van der Waals surface area contributed by atoms with E-state index in [1.54, 1.807) is 7.11 Å². The SMILES string of the molecule is COC(C)CC1(CNCC(C)C)CCOC1. The van der Waals surface area contributed by atoms with E-state index in [-0.39, 0.29) is 0 Å². The summed E-state index contributed by atoms with van der Waals surface area (Å²) >= 11 is 0. The first-order chi connectivity index (χ1) is 7.58. The largest absolute Gasteiger partial charge is 0.382 e. The summed E-state index contributed by atoms with van der Waals surface area (Å²) in [5.74, 6) is 0.708. The lowest BCUT2D eigenvalue weighted by Gasteiger charge is -2.30. The Kier molecular flexibility index (Phi) is 5.73. The van der Waals surface area contributed by atoms with E-state index >= 15 is 0 Å². The fraction of sp³-hybridized carbons (Fsp3) is 1.00. The van der Waals surface area contributed by atoms with Crippen LogP contribution < -0.4 is 5.32 Å². The third-order valence-electron chi connectivity index (χ3n) is 3.36. The van der Waals surface area contributed by atoms with Crippen molar-refractivity contribution in [2.24, 2.45) is 11.3 Å². The Hall–Kier alpha value is -0.120. The Bertz CT molecular complexity index is 188. The molecule has 1 fully saturated rings.